The van der Waals surface area contributed by atoms with Crippen molar-refractivity contribution in [3.63, 3.8) is 0 Å². The number of hydrogen-bond acceptors (Lipinski definition) is 6. The van der Waals surface area contributed by atoms with Crippen molar-refractivity contribution in [2.24, 2.45) is 0 Å². The van der Waals surface area contributed by atoms with E-state index in [1.165, 1.54) is 0 Å². The summed E-state index contributed by atoms with van der Waals surface area (Å²) in [6, 6.07) is 16.5. The fourth-order valence-electron chi connectivity index (χ4n) is 4.50. The molecule has 2 fully saturated rings. The van der Waals surface area contributed by atoms with Crippen LogP contribution in [0.2, 0.25) is 0 Å². The number of amides is 1. The van der Waals surface area contributed by atoms with Crippen molar-refractivity contribution in [3.8, 4) is 11.5 Å². The van der Waals surface area contributed by atoms with Gasteiger partial charge in [-0.05, 0) is 31.2 Å². The smallest absolute Gasteiger partial charge is 0.243 e. The first-order chi connectivity index (χ1) is 15.1. The van der Waals surface area contributed by atoms with Crippen LogP contribution in [0.25, 0.3) is 0 Å². The van der Waals surface area contributed by atoms with Crippen molar-refractivity contribution in [1.29, 1.82) is 0 Å². The Morgan fingerprint density at radius 1 is 0.824 bits per heavy atom. The first-order valence-corrected chi connectivity index (χ1v) is 10.9. The van der Waals surface area contributed by atoms with Crippen molar-refractivity contribution < 1.29 is 14.3 Å². The standard InChI is InChI=1S/C24H32N4O3.3ClH/c1-19-17-24(29)27(28(19)20-7-5-4-6-8-20)16-13-25-11-14-26(15-12-25)21-9-10-22(30-2)23(18-21)31-3;;;/h4-10,18-19H,11-17H2,1-3H3;3*1H. The molecule has 0 aromatic heterocycles. The third-order valence-electron chi connectivity index (χ3n) is 6.19. The first kappa shape index (κ1) is 30.0. The minimum Gasteiger partial charge on any atom is -0.493 e. The van der Waals surface area contributed by atoms with E-state index in [1.807, 2.05) is 35.3 Å². The number of hydrogen-bond donors (Lipinski definition) is 0. The van der Waals surface area contributed by atoms with Gasteiger partial charge in [0.1, 0.15) is 0 Å². The van der Waals surface area contributed by atoms with Crippen LogP contribution in [-0.2, 0) is 4.79 Å². The average Bonchev–Trinajstić information content (AvgIpc) is 3.10. The molecule has 2 aromatic carbocycles. The normalized spacial score (nSPS) is 18.0. The van der Waals surface area contributed by atoms with Crippen molar-refractivity contribution in [3.05, 3.63) is 48.5 Å². The van der Waals surface area contributed by atoms with E-state index in [-0.39, 0.29) is 49.2 Å². The Hall–Kier alpha value is -2.06. The van der Waals surface area contributed by atoms with Crippen LogP contribution < -0.4 is 19.4 Å². The molecule has 1 atom stereocenters. The van der Waals surface area contributed by atoms with Gasteiger partial charge in [-0.2, -0.15) is 0 Å². The topological polar surface area (TPSA) is 48.5 Å². The maximum atomic E-state index is 12.6. The number of nitrogens with zero attached hydrogens (tertiary/aromatic N) is 4. The maximum Gasteiger partial charge on any atom is 0.243 e. The molecule has 2 aromatic rings. The van der Waals surface area contributed by atoms with Gasteiger partial charge in [-0.25, -0.2) is 0 Å². The minimum atomic E-state index is 0. The zero-order valence-electron chi connectivity index (χ0n) is 19.9. The molecule has 0 N–H and O–H groups in total. The molecular weight excluding hydrogens is 499 g/mol. The van der Waals surface area contributed by atoms with E-state index in [0.29, 0.717) is 13.0 Å². The number of hydrazine groups is 1. The molecule has 1 amide bonds. The molecule has 0 radical (unpaired) electrons. The van der Waals surface area contributed by atoms with Gasteiger partial charge in [0.05, 0.1) is 38.9 Å². The van der Waals surface area contributed by atoms with E-state index in [2.05, 4.69) is 39.9 Å². The Labute approximate surface area is 221 Å². The second-order valence-corrected chi connectivity index (χ2v) is 8.12. The lowest BCUT2D eigenvalue weighted by atomic mass is 10.2. The third kappa shape index (κ3) is 6.54. The Kier molecular flexibility index (Phi) is 12.1. The van der Waals surface area contributed by atoms with Crippen LogP contribution in [0, 0.1) is 0 Å². The number of halogens is 3. The SMILES string of the molecule is COc1ccc(N2CCN(CCN3C(=O)CC(C)N3c3ccccc3)CC2)cc1OC.Cl.Cl.Cl. The third-order valence-corrected chi connectivity index (χ3v) is 6.19. The quantitative estimate of drug-likeness (QED) is 0.533. The maximum absolute atomic E-state index is 12.6. The zero-order valence-corrected chi connectivity index (χ0v) is 22.3. The highest BCUT2D eigenvalue weighted by Crippen LogP contribution is 2.32. The molecule has 0 spiro atoms. The molecule has 4 rings (SSSR count). The van der Waals surface area contributed by atoms with Gasteiger partial charge in [-0.1, -0.05) is 18.2 Å². The van der Waals surface area contributed by atoms with Crippen LogP contribution in [0.4, 0.5) is 11.4 Å². The van der Waals surface area contributed by atoms with Crippen LogP contribution >= 0.6 is 37.2 Å². The van der Waals surface area contributed by atoms with Gasteiger partial charge < -0.3 is 14.4 Å². The first-order valence-electron chi connectivity index (χ1n) is 10.9. The Morgan fingerprint density at radius 2 is 1.47 bits per heavy atom. The molecule has 34 heavy (non-hydrogen) atoms. The second kappa shape index (κ2) is 13.7. The van der Waals surface area contributed by atoms with E-state index in [4.69, 9.17) is 9.47 Å². The summed E-state index contributed by atoms with van der Waals surface area (Å²) < 4.78 is 10.8. The molecular formula is C24H35Cl3N4O3. The number of anilines is 2. The van der Waals surface area contributed by atoms with Crippen molar-refractivity contribution in [1.82, 2.24) is 9.91 Å². The van der Waals surface area contributed by atoms with Crippen molar-refractivity contribution >= 4 is 54.5 Å². The molecule has 1 unspecified atom stereocenters. The molecule has 2 aliphatic rings. The Balaban J connectivity index is 0.00000193. The lowest BCUT2D eigenvalue weighted by Crippen LogP contribution is -2.50. The number of piperazine rings is 1. The average molecular weight is 534 g/mol. The predicted molar refractivity (Wildman–Crippen MR) is 145 cm³/mol. The summed E-state index contributed by atoms with van der Waals surface area (Å²) in [5.41, 5.74) is 2.23. The largest absolute Gasteiger partial charge is 0.493 e. The summed E-state index contributed by atoms with van der Waals surface area (Å²) in [4.78, 5) is 17.4. The van der Waals surface area contributed by atoms with E-state index in [0.717, 1.165) is 55.6 Å². The monoisotopic (exact) mass is 532 g/mol. The fourth-order valence-corrected chi connectivity index (χ4v) is 4.50. The zero-order chi connectivity index (χ0) is 21.8. The number of carbonyl (C=O) groups excluding carboxylic acids is 1. The number of ether oxygens (including phenoxy) is 2. The molecule has 2 heterocycles. The molecule has 190 valence electrons. The Morgan fingerprint density at radius 3 is 2.09 bits per heavy atom. The van der Waals surface area contributed by atoms with Gasteiger partial charge in [0.25, 0.3) is 0 Å². The number of carbonyl (C=O) groups is 1. The van der Waals surface area contributed by atoms with Gasteiger partial charge in [-0.15, -0.1) is 37.2 Å². The van der Waals surface area contributed by atoms with E-state index < -0.39 is 0 Å². The summed E-state index contributed by atoms with van der Waals surface area (Å²) in [5, 5.41) is 4.09. The van der Waals surface area contributed by atoms with Gasteiger partial charge in [0.15, 0.2) is 11.5 Å². The molecule has 0 saturated carbocycles. The highest BCUT2D eigenvalue weighted by atomic mass is 35.5. The molecule has 7 nitrogen and oxygen atoms in total. The number of benzene rings is 2. The van der Waals surface area contributed by atoms with Crippen LogP contribution in [-0.4, -0.2) is 75.3 Å². The van der Waals surface area contributed by atoms with Gasteiger partial charge >= 0.3 is 0 Å². The van der Waals surface area contributed by atoms with Crippen molar-refractivity contribution in [2.45, 2.75) is 19.4 Å². The summed E-state index contributed by atoms with van der Waals surface area (Å²) >= 11 is 0. The van der Waals surface area contributed by atoms with Gasteiger partial charge in [0, 0.05) is 44.5 Å². The summed E-state index contributed by atoms with van der Waals surface area (Å²) in [7, 11) is 3.32. The van der Waals surface area contributed by atoms with Crippen LogP contribution in [0.5, 0.6) is 11.5 Å². The van der Waals surface area contributed by atoms with E-state index >= 15 is 0 Å². The van der Waals surface area contributed by atoms with Crippen LogP contribution in [0.3, 0.4) is 0 Å². The number of rotatable bonds is 7. The second-order valence-electron chi connectivity index (χ2n) is 8.12. The van der Waals surface area contributed by atoms with E-state index in [1.54, 1.807) is 14.2 Å². The lowest BCUT2D eigenvalue weighted by Gasteiger charge is -2.38. The highest BCUT2D eigenvalue weighted by Gasteiger charge is 2.35. The fraction of sp³-hybridized carbons (Fsp3) is 0.458. The van der Waals surface area contributed by atoms with Crippen LogP contribution in [0.15, 0.2) is 48.5 Å². The van der Waals surface area contributed by atoms with Crippen LogP contribution in [0.1, 0.15) is 13.3 Å². The van der Waals surface area contributed by atoms with E-state index in [9.17, 15) is 4.79 Å². The van der Waals surface area contributed by atoms with Gasteiger partial charge in [0.2, 0.25) is 5.91 Å². The molecule has 0 bridgehead atoms. The lowest BCUT2D eigenvalue weighted by molar-refractivity contribution is -0.128. The molecule has 2 saturated heterocycles. The van der Waals surface area contributed by atoms with Gasteiger partial charge in [-0.3, -0.25) is 19.7 Å². The molecule has 10 heteroatoms. The number of methoxy groups -OCH3 is 2. The summed E-state index contributed by atoms with van der Waals surface area (Å²) in [6.45, 7) is 7.54. The predicted octanol–water partition coefficient (Wildman–Crippen LogP) is 4.13. The minimum absolute atomic E-state index is 0. The number of para-hydroxylation sites is 1. The summed E-state index contributed by atoms with van der Waals surface area (Å²) in [6.07, 6.45) is 0.571. The summed E-state index contributed by atoms with van der Waals surface area (Å²) in [5.74, 6) is 1.71. The Bertz CT molecular complexity index is 898. The highest BCUT2D eigenvalue weighted by molar-refractivity contribution is 5.86. The molecule has 2 aliphatic heterocycles. The van der Waals surface area contributed by atoms with Crippen molar-refractivity contribution in [2.75, 3.05) is 63.4 Å². The molecule has 0 aliphatic carbocycles.